The monoisotopic (exact) mass is 313 g/mol. The van der Waals surface area contributed by atoms with Gasteiger partial charge in [0.25, 0.3) is 0 Å². The van der Waals surface area contributed by atoms with Gasteiger partial charge in [-0.15, -0.1) is 0 Å². The maximum atomic E-state index is 11.8. The van der Waals surface area contributed by atoms with E-state index in [2.05, 4.69) is 31.9 Å². The quantitative estimate of drug-likeness (QED) is 0.731. The summed E-state index contributed by atoms with van der Waals surface area (Å²) in [5, 5.41) is 0.655. The molecule has 0 bridgehead atoms. The highest BCUT2D eigenvalue weighted by Gasteiger charge is 2.25. The van der Waals surface area contributed by atoms with Crippen molar-refractivity contribution >= 4 is 37.8 Å². The minimum atomic E-state index is -0.114. The minimum absolute atomic E-state index is 0.114. The number of amides is 1. The van der Waals surface area contributed by atoms with Crippen LogP contribution in [0.2, 0.25) is 0 Å². The first-order chi connectivity index (χ1) is 5.91. The van der Waals surface area contributed by atoms with Crippen molar-refractivity contribution in [1.82, 2.24) is 4.90 Å². The highest BCUT2D eigenvalue weighted by Crippen LogP contribution is 2.13. The van der Waals surface area contributed by atoms with Crippen molar-refractivity contribution in [1.29, 1.82) is 0 Å². The highest BCUT2D eigenvalue weighted by molar-refractivity contribution is 9.12. The van der Waals surface area contributed by atoms with Gasteiger partial charge in [0.2, 0.25) is 5.91 Å². The van der Waals surface area contributed by atoms with E-state index in [0.717, 1.165) is 0 Å². The van der Waals surface area contributed by atoms with Crippen molar-refractivity contribution in [2.24, 2.45) is 0 Å². The molecule has 0 aromatic heterocycles. The molecular formula is C9H17Br2NO. The molecule has 0 saturated carbocycles. The van der Waals surface area contributed by atoms with Crippen LogP contribution in [0.5, 0.6) is 0 Å². The Morgan fingerprint density at radius 3 is 1.85 bits per heavy atom. The molecule has 0 aliphatic rings. The third kappa shape index (κ3) is 3.98. The molecule has 78 valence electrons. The van der Waals surface area contributed by atoms with E-state index < -0.39 is 0 Å². The number of carbonyl (C=O) groups is 1. The van der Waals surface area contributed by atoms with Crippen LogP contribution in [0.4, 0.5) is 0 Å². The van der Waals surface area contributed by atoms with Crippen LogP contribution in [0.1, 0.15) is 27.7 Å². The summed E-state index contributed by atoms with van der Waals surface area (Å²) in [6.07, 6.45) is 0. The molecule has 0 saturated heterocycles. The molecule has 0 rings (SSSR count). The number of alkyl halides is 2. The molecule has 0 unspecified atom stereocenters. The fraction of sp³-hybridized carbons (Fsp3) is 0.889. The number of hydrogen-bond donors (Lipinski definition) is 0. The van der Waals surface area contributed by atoms with Crippen molar-refractivity contribution in [3.05, 3.63) is 0 Å². The molecule has 0 aliphatic heterocycles. The molecule has 0 N–H and O–H groups in total. The summed E-state index contributed by atoms with van der Waals surface area (Å²) in [4.78, 5) is 13.6. The summed E-state index contributed by atoms with van der Waals surface area (Å²) in [6, 6.07) is 0.512. The molecule has 13 heavy (non-hydrogen) atoms. The normalized spacial score (nSPS) is 13.5. The van der Waals surface area contributed by atoms with E-state index in [-0.39, 0.29) is 22.8 Å². The predicted octanol–water partition coefficient (Wildman–Crippen LogP) is 2.79. The molecular weight excluding hydrogens is 298 g/mol. The molecule has 0 spiro atoms. The Kier molecular flexibility index (Phi) is 6.21. The van der Waals surface area contributed by atoms with Crippen LogP contribution >= 0.6 is 31.9 Å². The van der Waals surface area contributed by atoms with Crippen molar-refractivity contribution < 1.29 is 4.79 Å². The van der Waals surface area contributed by atoms with Gasteiger partial charge in [0.1, 0.15) is 4.83 Å². The number of halogens is 2. The first-order valence-corrected chi connectivity index (χ1v) is 6.47. The van der Waals surface area contributed by atoms with Gasteiger partial charge in [0, 0.05) is 17.4 Å². The van der Waals surface area contributed by atoms with Gasteiger partial charge in [-0.3, -0.25) is 4.79 Å². The topological polar surface area (TPSA) is 20.3 Å². The van der Waals surface area contributed by atoms with Gasteiger partial charge in [-0.25, -0.2) is 0 Å². The van der Waals surface area contributed by atoms with Gasteiger partial charge in [-0.1, -0.05) is 31.9 Å². The lowest BCUT2D eigenvalue weighted by molar-refractivity contribution is -0.133. The Labute approximate surface area is 97.3 Å². The zero-order valence-corrected chi connectivity index (χ0v) is 11.7. The Morgan fingerprint density at radius 2 is 1.62 bits per heavy atom. The highest BCUT2D eigenvalue weighted by atomic mass is 79.9. The lowest BCUT2D eigenvalue weighted by Crippen LogP contribution is -2.46. The number of carbonyl (C=O) groups excluding carboxylic acids is 1. The van der Waals surface area contributed by atoms with Crippen LogP contribution in [0.15, 0.2) is 0 Å². The molecule has 1 atom stereocenters. The average molecular weight is 315 g/mol. The second-order valence-electron chi connectivity index (χ2n) is 3.55. The van der Waals surface area contributed by atoms with Crippen molar-refractivity contribution in [3.8, 4) is 0 Å². The molecule has 2 nitrogen and oxygen atoms in total. The van der Waals surface area contributed by atoms with Gasteiger partial charge in [0.15, 0.2) is 0 Å². The van der Waals surface area contributed by atoms with Crippen LogP contribution in [0, 0.1) is 0 Å². The molecule has 0 aromatic carbocycles. The summed E-state index contributed by atoms with van der Waals surface area (Å²) in [7, 11) is 0. The van der Waals surface area contributed by atoms with E-state index in [4.69, 9.17) is 0 Å². The minimum Gasteiger partial charge on any atom is -0.337 e. The fourth-order valence-corrected chi connectivity index (χ4v) is 1.85. The van der Waals surface area contributed by atoms with E-state index in [1.54, 1.807) is 0 Å². The molecule has 0 aromatic rings. The summed E-state index contributed by atoms with van der Waals surface area (Å²) < 4.78 is 0. The Balaban J connectivity index is 4.46. The summed E-state index contributed by atoms with van der Waals surface area (Å²) in [6.45, 7) is 8.13. The molecule has 0 radical (unpaired) electrons. The molecule has 0 heterocycles. The van der Waals surface area contributed by atoms with Crippen LogP contribution in [0.25, 0.3) is 0 Å². The third-order valence-corrected chi connectivity index (χ3v) is 4.00. The standard InChI is InChI=1S/C9H17Br2NO/c1-6(2)12(7(3)4)9(13)8(11)5-10/h6-8H,5H2,1-4H3/t8-/m0/s1. The maximum Gasteiger partial charge on any atom is 0.237 e. The summed E-state index contributed by atoms with van der Waals surface area (Å²) in [5.41, 5.74) is 0. The van der Waals surface area contributed by atoms with Gasteiger partial charge < -0.3 is 4.90 Å². The fourth-order valence-electron chi connectivity index (χ4n) is 1.33. The SMILES string of the molecule is CC(C)N(C(=O)[C@@H](Br)CBr)C(C)C. The zero-order valence-electron chi connectivity index (χ0n) is 8.55. The largest absolute Gasteiger partial charge is 0.337 e. The van der Waals surface area contributed by atoms with Crippen molar-refractivity contribution in [3.63, 3.8) is 0 Å². The van der Waals surface area contributed by atoms with Crippen molar-refractivity contribution in [2.45, 2.75) is 44.6 Å². The number of nitrogens with zero attached hydrogens (tertiary/aromatic N) is 1. The van der Waals surface area contributed by atoms with Crippen molar-refractivity contribution in [2.75, 3.05) is 5.33 Å². The molecule has 1 amide bonds. The summed E-state index contributed by atoms with van der Waals surface area (Å²) in [5.74, 6) is 0.155. The maximum absolute atomic E-state index is 11.8. The van der Waals surface area contributed by atoms with Crippen LogP contribution in [-0.4, -0.2) is 33.0 Å². The first-order valence-electron chi connectivity index (χ1n) is 4.44. The predicted molar refractivity (Wildman–Crippen MR) is 63.6 cm³/mol. The zero-order chi connectivity index (χ0) is 10.6. The van der Waals surface area contributed by atoms with E-state index in [0.29, 0.717) is 5.33 Å². The van der Waals surface area contributed by atoms with Crippen LogP contribution in [-0.2, 0) is 4.79 Å². The van der Waals surface area contributed by atoms with E-state index in [1.165, 1.54) is 0 Å². The Bertz CT molecular complexity index is 163. The first kappa shape index (κ1) is 13.4. The van der Waals surface area contributed by atoms with Gasteiger partial charge >= 0.3 is 0 Å². The van der Waals surface area contributed by atoms with E-state index in [1.807, 2.05) is 32.6 Å². The van der Waals surface area contributed by atoms with Crippen LogP contribution < -0.4 is 0 Å². The molecule has 4 heteroatoms. The van der Waals surface area contributed by atoms with E-state index >= 15 is 0 Å². The average Bonchev–Trinajstić information content (AvgIpc) is 2.01. The smallest absolute Gasteiger partial charge is 0.237 e. The number of hydrogen-bond acceptors (Lipinski definition) is 1. The second-order valence-corrected chi connectivity index (χ2v) is 5.31. The Morgan fingerprint density at radius 1 is 1.23 bits per heavy atom. The second kappa shape index (κ2) is 6.02. The lowest BCUT2D eigenvalue weighted by Gasteiger charge is -2.32. The Hall–Kier alpha value is 0.430. The molecule has 0 aliphatic carbocycles. The third-order valence-electron chi connectivity index (χ3n) is 1.77. The molecule has 0 fully saturated rings. The van der Waals surface area contributed by atoms with E-state index in [9.17, 15) is 4.79 Å². The number of rotatable bonds is 4. The summed E-state index contributed by atoms with van der Waals surface area (Å²) >= 11 is 6.63. The van der Waals surface area contributed by atoms with Gasteiger partial charge in [0.05, 0.1) is 0 Å². The lowest BCUT2D eigenvalue weighted by atomic mass is 10.2. The van der Waals surface area contributed by atoms with Crippen LogP contribution in [0.3, 0.4) is 0 Å². The van der Waals surface area contributed by atoms with Gasteiger partial charge in [-0.2, -0.15) is 0 Å². The van der Waals surface area contributed by atoms with Gasteiger partial charge in [-0.05, 0) is 27.7 Å².